The number of ether oxygens (including phenoxy) is 2. The number of amides is 1. The van der Waals surface area contributed by atoms with Crippen LogP contribution in [0.5, 0.6) is 11.5 Å². The number of fused-ring (bicyclic) bond motifs is 1. The molecule has 3 aromatic carbocycles. The lowest BCUT2D eigenvalue weighted by Gasteiger charge is -2.27. The van der Waals surface area contributed by atoms with E-state index in [0.717, 1.165) is 0 Å². The van der Waals surface area contributed by atoms with Crippen LogP contribution in [0.15, 0.2) is 88.5 Å². The molecule has 0 aliphatic carbocycles. The maximum absolute atomic E-state index is 13.8. The highest BCUT2D eigenvalue weighted by atomic mass is 35.5. The highest BCUT2D eigenvalue weighted by Crippen LogP contribution is 2.43. The minimum absolute atomic E-state index is 0.0120. The molecule has 4 aromatic rings. The second kappa shape index (κ2) is 9.67. The van der Waals surface area contributed by atoms with Crippen LogP contribution >= 0.6 is 11.6 Å². The van der Waals surface area contributed by atoms with Crippen molar-refractivity contribution >= 4 is 39.9 Å². The Hall–Kier alpha value is -4.23. The van der Waals surface area contributed by atoms with Crippen molar-refractivity contribution in [2.45, 2.75) is 26.0 Å². The molecule has 0 fully saturated rings. The van der Waals surface area contributed by atoms with Gasteiger partial charge in [-0.05, 0) is 80.1 Å². The van der Waals surface area contributed by atoms with Crippen LogP contribution in [0.1, 0.15) is 36.0 Å². The number of methoxy groups -OCH3 is 1. The molecule has 1 unspecified atom stereocenters. The van der Waals surface area contributed by atoms with Crippen molar-refractivity contribution in [2.75, 3.05) is 12.0 Å². The zero-order valence-electron chi connectivity index (χ0n) is 20.4. The molecule has 188 valence electrons. The molecule has 5 rings (SSSR count). The van der Waals surface area contributed by atoms with Gasteiger partial charge in [-0.1, -0.05) is 23.7 Å². The largest absolute Gasteiger partial charge is 0.503 e. The van der Waals surface area contributed by atoms with Crippen molar-refractivity contribution < 1.29 is 28.6 Å². The van der Waals surface area contributed by atoms with Crippen molar-refractivity contribution in [3.63, 3.8) is 0 Å². The number of carbonyl (C=O) groups is 2. The van der Waals surface area contributed by atoms with E-state index in [1.54, 1.807) is 72.8 Å². The number of benzene rings is 3. The van der Waals surface area contributed by atoms with Gasteiger partial charge in [0, 0.05) is 16.1 Å². The van der Waals surface area contributed by atoms with E-state index in [4.69, 9.17) is 25.5 Å². The molecule has 8 heteroatoms. The molecule has 0 saturated carbocycles. The van der Waals surface area contributed by atoms with Gasteiger partial charge in [0.05, 0.1) is 24.8 Å². The summed E-state index contributed by atoms with van der Waals surface area (Å²) in [5.74, 6) is -0.776. The van der Waals surface area contributed by atoms with Crippen LogP contribution in [0.2, 0.25) is 5.02 Å². The third-order valence-electron chi connectivity index (χ3n) is 6.05. The fourth-order valence-electron chi connectivity index (χ4n) is 4.45. The number of ketones is 1. The fourth-order valence-corrected chi connectivity index (χ4v) is 4.63. The Morgan fingerprint density at radius 3 is 2.49 bits per heavy atom. The molecule has 1 amide bonds. The first kappa shape index (κ1) is 24.5. The number of furan rings is 1. The van der Waals surface area contributed by atoms with E-state index in [1.807, 2.05) is 13.8 Å². The molecule has 1 aliphatic heterocycles. The zero-order valence-corrected chi connectivity index (χ0v) is 21.2. The molecule has 37 heavy (non-hydrogen) atoms. The monoisotopic (exact) mass is 517 g/mol. The predicted octanol–water partition coefficient (Wildman–Crippen LogP) is 6.66. The minimum atomic E-state index is -0.927. The van der Waals surface area contributed by atoms with E-state index in [-0.39, 0.29) is 17.4 Å². The second-order valence-corrected chi connectivity index (χ2v) is 9.34. The molecule has 1 N–H and O–H groups in total. The second-order valence-electron chi connectivity index (χ2n) is 8.90. The summed E-state index contributed by atoms with van der Waals surface area (Å²) in [7, 11) is 1.53. The Labute approximate surface area is 218 Å². The van der Waals surface area contributed by atoms with E-state index in [2.05, 4.69) is 0 Å². The number of anilines is 1. The number of halogens is 1. The van der Waals surface area contributed by atoms with Crippen LogP contribution < -0.4 is 14.4 Å². The molecule has 7 nitrogen and oxygen atoms in total. The Morgan fingerprint density at radius 2 is 1.78 bits per heavy atom. The number of Topliss-reactive ketones (excluding diaryl/α,β-unsaturated/α-hetero) is 1. The highest BCUT2D eigenvalue weighted by Gasteiger charge is 2.45. The number of aliphatic hydroxyl groups excluding tert-OH is 1. The van der Waals surface area contributed by atoms with Crippen molar-refractivity contribution in [1.29, 1.82) is 0 Å². The van der Waals surface area contributed by atoms with Crippen LogP contribution in [0.4, 0.5) is 5.69 Å². The van der Waals surface area contributed by atoms with Crippen molar-refractivity contribution in [2.24, 2.45) is 0 Å². The lowest BCUT2D eigenvalue weighted by molar-refractivity contribution is -0.117. The van der Waals surface area contributed by atoms with Crippen LogP contribution in [0, 0.1) is 0 Å². The number of aliphatic hydroxyl groups is 1. The molecule has 1 atom stereocenters. The average molecular weight is 518 g/mol. The SMILES string of the molecule is COc1cccc(C2C(C(=O)c3cc4cc(Cl)ccc4o3)=C(O)C(=O)N2c2ccc(OC(C)C)cc2)c1. The molecule has 2 heterocycles. The fraction of sp³-hybridized carbons (Fsp3) is 0.172. The first-order valence-corrected chi connectivity index (χ1v) is 12.1. The summed E-state index contributed by atoms with van der Waals surface area (Å²) >= 11 is 6.09. The summed E-state index contributed by atoms with van der Waals surface area (Å²) in [5.41, 5.74) is 1.44. The number of hydrogen-bond acceptors (Lipinski definition) is 6. The topological polar surface area (TPSA) is 89.2 Å². The van der Waals surface area contributed by atoms with Gasteiger partial charge in [0.2, 0.25) is 5.78 Å². The first-order chi connectivity index (χ1) is 17.8. The lowest BCUT2D eigenvalue weighted by Crippen LogP contribution is -2.31. The summed E-state index contributed by atoms with van der Waals surface area (Å²) in [6, 6.07) is 19.6. The van der Waals surface area contributed by atoms with Gasteiger partial charge in [-0.15, -0.1) is 0 Å². The molecule has 1 aliphatic rings. The van der Waals surface area contributed by atoms with Gasteiger partial charge in [0.15, 0.2) is 11.5 Å². The zero-order chi connectivity index (χ0) is 26.3. The Bertz CT molecular complexity index is 1540. The van der Waals surface area contributed by atoms with E-state index >= 15 is 0 Å². The van der Waals surface area contributed by atoms with Crippen LogP contribution in [0.25, 0.3) is 11.0 Å². The van der Waals surface area contributed by atoms with E-state index in [9.17, 15) is 14.7 Å². The molecule has 0 bridgehead atoms. The summed E-state index contributed by atoms with van der Waals surface area (Å²) in [6.07, 6.45) is -0.0163. The van der Waals surface area contributed by atoms with E-state index in [1.165, 1.54) is 12.0 Å². The third kappa shape index (κ3) is 4.54. The summed E-state index contributed by atoms with van der Waals surface area (Å²) < 4.78 is 16.9. The average Bonchev–Trinajstić information content (AvgIpc) is 3.42. The van der Waals surface area contributed by atoms with Gasteiger partial charge in [-0.3, -0.25) is 14.5 Å². The standard InChI is InChI=1S/C29H24ClNO6/c1-16(2)36-21-10-8-20(9-11-21)31-26(17-5-4-6-22(14-17)35-3)25(28(33)29(31)34)27(32)24-15-18-13-19(30)7-12-23(18)37-24/h4-16,26,33H,1-3H3. The van der Waals surface area contributed by atoms with Crippen LogP contribution in [-0.4, -0.2) is 30.0 Å². The number of rotatable bonds is 7. The third-order valence-corrected chi connectivity index (χ3v) is 6.29. The normalized spacial score (nSPS) is 15.6. The minimum Gasteiger partial charge on any atom is -0.503 e. The van der Waals surface area contributed by atoms with Gasteiger partial charge in [-0.2, -0.15) is 0 Å². The molecule has 0 spiro atoms. The molecular weight excluding hydrogens is 494 g/mol. The van der Waals surface area contributed by atoms with Crippen molar-refractivity contribution in [1.82, 2.24) is 0 Å². The van der Waals surface area contributed by atoms with Gasteiger partial charge in [-0.25, -0.2) is 0 Å². The van der Waals surface area contributed by atoms with Gasteiger partial charge in [0.25, 0.3) is 5.91 Å². The summed E-state index contributed by atoms with van der Waals surface area (Å²) in [6.45, 7) is 3.84. The highest BCUT2D eigenvalue weighted by molar-refractivity contribution is 6.31. The summed E-state index contributed by atoms with van der Waals surface area (Å²) in [5, 5.41) is 12.2. The molecular formula is C29H24ClNO6. The van der Waals surface area contributed by atoms with Gasteiger partial charge < -0.3 is 19.0 Å². The number of hydrogen-bond donors (Lipinski definition) is 1. The van der Waals surface area contributed by atoms with Crippen LogP contribution in [-0.2, 0) is 4.79 Å². The summed E-state index contributed by atoms with van der Waals surface area (Å²) in [4.78, 5) is 28.6. The van der Waals surface area contributed by atoms with E-state index in [0.29, 0.717) is 38.7 Å². The van der Waals surface area contributed by atoms with Gasteiger partial charge >= 0.3 is 0 Å². The van der Waals surface area contributed by atoms with Crippen molar-refractivity contribution in [3.8, 4) is 11.5 Å². The smallest absolute Gasteiger partial charge is 0.294 e. The van der Waals surface area contributed by atoms with Gasteiger partial charge in [0.1, 0.15) is 17.1 Å². The lowest BCUT2D eigenvalue weighted by atomic mass is 9.94. The Kier molecular flexibility index (Phi) is 6.39. The number of nitrogens with zero attached hydrogens (tertiary/aromatic N) is 1. The first-order valence-electron chi connectivity index (χ1n) is 11.7. The number of carbonyl (C=O) groups excluding carboxylic acids is 2. The maximum atomic E-state index is 13.8. The molecule has 0 saturated heterocycles. The quantitative estimate of drug-likeness (QED) is 0.275. The predicted molar refractivity (Wildman–Crippen MR) is 141 cm³/mol. The Morgan fingerprint density at radius 1 is 1.03 bits per heavy atom. The molecule has 1 aromatic heterocycles. The Balaban J connectivity index is 1.62. The molecule has 0 radical (unpaired) electrons. The van der Waals surface area contributed by atoms with Crippen LogP contribution in [0.3, 0.4) is 0 Å². The van der Waals surface area contributed by atoms with Crippen molar-refractivity contribution in [3.05, 3.63) is 100 Å². The van der Waals surface area contributed by atoms with E-state index < -0.39 is 23.5 Å². The maximum Gasteiger partial charge on any atom is 0.294 e.